The fourth-order valence-electron chi connectivity index (χ4n) is 0.669. The summed E-state index contributed by atoms with van der Waals surface area (Å²) in [7, 11) is 0. The van der Waals surface area contributed by atoms with Crippen LogP contribution in [0.3, 0.4) is 0 Å². The second-order valence-corrected chi connectivity index (χ2v) is 2.74. The van der Waals surface area contributed by atoms with E-state index in [2.05, 4.69) is 4.74 Å². The second-order valence-electron chi connectivity index (χ2n) is 2.74. The molecule has 0 aromatic rings. The molecule has 0 spiro atoms. The molecule has 0 radical (unpaired) electrons. The van der Waals surface area contributed by atoms with E-state index >= 15 is 0 Å². The van der Waals surface area contributed by atoms with Gasteiger partial charge in [0, 0.05) is 0 Å². The van der Waals surface area contributed by atoms with E-state index in [0.717, 1.165) is 0 Å². The fourth-order valence-corrected chi connectivity index (χ4v) is 0.669. The Bertz CT molecular complexity index is 128. The highest BCUT2D eigenvalue weighted by Crippen LogP contribution is 2.04. The summed E-state index contributed by atoms with van der Waals surface area (Å²) in [6, 6.07) is 0. The summed E-state index contributed by atoms with van der Waals surface area (Å²) in [5, 5.41) is 43.9. The van der Waals surface area contributed by atoms with Crippen molar-refractivity contribution < 1.29 is 30.3 Å². The average molecular weight is 196 g/mol. The SMILES string of the molecule is C[C@H](O)C(CO)O[C@@H](O)[C@@H](O)CO. The fraction of sp³-hybridized carbons (Fsp3) is 1.00. The lowest BCUT2D eigenvalue weighted by atomic mass is 10.2. The molecule has 6 heteroatoms. The van der Waals surface area contributed by atoms with Crippen LogP contribution in [0.15, 0.2) is 0 Å². The Hall–Kier alpha value is -0.240. The van der Waals surface area contributed by atoms with Gasteiger partial charge < -0.3 is 30.3 Å². The van der Waals surface area contributed by atoms with Gasteiger partial charge in [-0.3, -0.25) is 0 Å². The Morgan fingerprint density at radius 1 is 1.08 bits per heavy atom. The maximum absolute atomic E-state index is 9.01. The predicted molar refractivity (Wildman–Crippen MR) is 42.7 cm³/mol. The molecular weight excluding hydrogens is 180 g/mol. The van der Waals surface area contributed by atoms with Crippen LogP contribution in [0, 0.1) is 0 Å². The Kier molecular flexibility index (Phi) is 6.13. The van der Waals surface area contributed by atoms with Crippen LogP contribution in [0.1, 0.15) is 6.92 Å². The zero-order valence-electron chi connectivity index (χ0n) is 7.37. The van der Waals surface area contributed by atoms with E-state index in [-0.39, 0.29) is 0 Å². The minimum Gasteiger partial charge on any atom is -0.394 e. The van der Waals surface area contributed by atoms with E-state index in [9.17, 15) is 0 Å². The van der Waals surface area contributed by atoms with Gasteiger partial charge in [-0.25, -0.2) is 0 Å². The van der Waals surface area contributed by atoms with Crippen molar-refractivity contribution >= 4 is 0 Å². The van der Waals surface area contributed by atoms with Crippen molar-refractivity contribution in [2.45, 2.75) is 31.5 Å². The van der Waals surface area contributed by atoms with Crippen LogP contribution < -0.4 is 0 Å². The van der Waals surface area contributed by atoms with Crippen molar-refractivity contribution in [1.82, 2.24) is 0 Å². The first-order valence-electron chi connectivity index (χ1n) is 3.94. The lowest BCUT2D eigenvalue weighted by Gasteiger charge is -2.24. The molecule has 0 aliphatic heterocycles. The van der Waals surface area contributed by atoms with Gasteiger partial charge in [0.15, 0.2) is 6.29 Å². The quantitative estimate of drug-likeness (QED) is 0.298. The highest BCUT2D eigenvalue weighted by molar-refractivity contribution is 4.66. The zero-order chi connectivity index (χ0) is 10.4. The first kappa shape index (κ1) is 12.8. The average Bonchev–Trinajstić information content (AvgIpc) is 2.11. The molecule has 13 heavy (non-hydrogen) atoms. The van der Waals surface area contributed by atoms with Gasteiger partial charge in [-0.15, -0.1) is 0 Å². The summed E-state index contributed by atoms with van der Waals surface area (Å²) >= 11 is 0. The minimum absolute atomic E-state index is 0.479. The molecule has 0 saturated carbocycles. The largest absolute Gasteiger partial charge is 0.394 e. The van der Waals surface area contributed by atoms with Crippen LogP contribution in [-0.2, 0) is 4.74 Å². The Balaban J connectivity index is 3.93. The predicted octanol–water partition coefficient (Wildman–Crippen LogP) is -2.58. The van der Waals surface area contributed by atoms with E-state index < -0.39 is 37.8 Å². The minimum atomic E-state index is -1.61. The molecule has 80 valence electrons. The molecule has 0 aromatic carbocycles. The monoisotopic (exact) mass is 196 g/mol. The standard InChI is InChI=1S/C7H16O6/c1-4(10)6(3-9)13-7(12)5(11)2-8/h4-12H,2-3H2,1H3/t4-,5-,6?,7+/m0/s1. The number of rotatable bonds is 6. The van der Waals surface area contributed by atoms with Gasteiger partial charge in [0.25, 0.3) is 0 Å². The molecule has 0 bridgehead atoms. The van der Waals surface area contributed by atoms with Crippen molar-refractivity contribution in [1.29, 1.82) is 0 Å². The molecule has 0 fully saturated rings. The molecule has 0 saturated heterocycles. The van der Waals surface area contributed by atoms with Crippen molar-refractivity contribution in [3.05, 3.63) is 0 Å². The summed E-state index contributed by atoms with van der Waals surface area (Å²) in [5.74, 6) is 0. The normalized spacial score (nSPS) is 20.8. The highest BCUT2D eigenvalue weighted by Gasteiger charge is 2.23. The molecular formula is C7H16O6. The Morgan fingerprint density at radius 3 is 1.92 bits per heavy atom. The molecule has 0 aromatic heterocycles. The molecule has 5 N–H and O–H groups in total. The summed E-state index contributed by atoms with van der Waals surface area (Å²) in [6.45, 7) is 0.241. The summed E-state index contributed by atoms with van der Waals surface area (Å²) in [6.07, 6.45) is -4.99. The van der Waals surface area contributed by atoms with Gasteiger partial charge in [0.1, 0.15) is 12.2 Å². The van der Waals surface area contributed by atoms with Crippen LogP contribution in [0.2, 0.25) is 0 Å². The number of aliphatic hydroxyl groups is 5. The van der Waals surface area contributed by atoms with Gasteiger partial charge in [-0.05, 0) is 6.92 Å². The van der Waals surface area contributed by atoms with E-state index in [4.69, 9.17) is 25.5 Å². The van der Waals surface area contributed by atoms with Crippen molar-refractivity contribution in [2.75, 3.05) is 13.2 Å². The molecule has 0 aliphatic carbocycles. The van der Waals surface area contributed by atoms with Crippen molar-refractivity contribution in [3.63, 3.8) is 0 Å². The molecule has 4 atom stereocenters. The first-order chi connectivity index (χ1) is 6.02. The Labute approximate surface area is 76.0 Å². The lowest BCUT2D eigenvalue weighted by molar-refractivity contribution is -0.217. The molecule has 1 unspecified atom stereocenters. The lowest BCUT2D eigenvalue weighted by Crippen LogP contribution is -2.40. The maximum Gasteiger partial charge on any atom is 0.183 e. The van der Waals surface area contributed by atoms with E-state index in [0.29, 0.717) is 0 Å². The maximum atomic E-state index is 9.01. The molecule has 6 nitrogen and oxygen atoms in total. The Morgan fingerprint density at radius 2 is 1.62 bits per heavy atom. The van der Waals surface area contributed by atoms with E-state index in [1.54, 1.807) is 0 Å². The zero-order valence-corrected chi connectivity index (χ0v) is 7.37. The van der Waals surface area contributed by atoms with Gasteiger partial charge >= 0.3 is 0 Å². The van der Waals surface area contributed by atoms with Crippen LogP contribution in [0.4, 0.5) is 0 Å². The van der Waals surface area contributed by atoms with Gasteiger partial charge in [0.05, 0.1) is 19.3 Å². The van der Waals surface area contributed by atoms with Crippen LogP contribution in [-0.4, -0.2) is 63.3 Å². The van der Waals surface area contributed by atoms with Crippen molar-refractivity contribution in [2.24, 2.45) is 0 Å². The van der Waals surface area contributed by atoms with Crippen LogP contribution in [0.25, 0.3) is 0 Å². The third-order valence-electron chi connectivity index (χ3n) is 1.55. The van der Waals surface area contributed by atoms with Gasteiger partial charge in [0.2, 0.25) is 0 Å². The summed E-state index contributed by atoms with van der Waals surface area (Å²) < 4.78 is 4.66. The van der Waals surface area contributed by atoms with E-state index in [1.165, 1.54) is 6.92 Å². The number of hydrogen-bond donors (Lipinski definition) is 5. The molecule has 0 aliphatic rings. The smallest absolute Gasteiger partial charge is 0.183 e. The number of ether oxygens (including phenoxy) is 1. The summed E-state index contributed by atoms with van der Waals surface area (Å²) in [5.41, 5.74) is 0. The van der Waals surface area contributed by atoms with Crippen LogP contribution in [0.5, 0.6) is 0 Å². The molecule has 0 heterocycles. The van der Waals surface area contributed by atoms with E-state index in [1.807, 2.05) is 0 Å². The molecule has 0 rings (SSSR count). The first-order valence-corrected chi connectivity index (χ1v) is 3.94. The second kappa shape index (κ2) is 6.25. The number of aliphatic hydroxyl groups excluding tert-OH is 5. The number of hydrogen-bond acceptors (Lipinski definition) is 6. The van der Waals surface area contributed by atoms with Gasteiger partial charge in [-0.1, -0.05) is 0 Å². The topological polar surface area (TPSA) is 110 Å². The summed E-state index contributed by atoms with van der Waals surface area (Å²) in [4.78, 5) is 0. The van der Waals surface area contributed by atoms with Crippen LogP contribution >= 0.6 is 0 Å². The third-order valence-corrected chi connectivity index (χ3v) is 1.55. The molecule has 0 amide bonds. The van der Waals surface area contributed by atoms with Gasteiger partial charge in [-0.2, -0.15) is 0 Å². The highest BCUT2D eigenvalue weighted by atomic mass is 16.6. The van der Waals surface area contributed by atoms with Crippen molar-refractivity contribution in [3.8, 4) is 0 Å². The third kappa shape index (κ3) is 4.51.